The lowest BCUT2D eigenvalue weighted by Gasteiger charge is -2.39. The lowest BCUT2D eigenvalue weighted by atomic mass is 9.73. The predicted octanol–water partition coefficient (Wildman–Crippen LogP) is 4.41. The van der Waals surface area contributed by atoms with Crippen LogP contribution < -0.4 is 0 Å². The Morgan fingerprint density at radius 1 is 1.18 bits per heavy atom. The molecule has 1 fully saturated rings. The largest absolute Gasteiger partial charge is 0.466 e. The molecule has 2 aliphatic rings. The number of rotatable bonds is 6. The Hall–Kier alpha value is -1.72. The highest BCUT2D eigenvalue weighted by molar-refractivity contribution is 7.11. The second kappa shape index (κ2) is 8.75. The van der Waals surface area contributed by atoms with Crippen LogP contribution in [0.15, 0.2) is 30.3 Å². The SMILES string of the molecule is CCOC(=O)C1(Cc2ccccc2)CCN(Cc2nc3c(s2)CCCC3)CC1. The van der Waals surface area contributed by atoms with Gasteiger partial charge in [-0.25, -0.2) is 4.98 Å². The van der Waals surface area contributed by atoms with Crippen LogP contribution in [0, 0.1) is 5.41 Å². The van der Waals surface area contributed by atoms with Crippen molar-refractivity contribution in [3.8, 4) is 0 Å². The normalized spacial score (nSPS) is 19.2. The molecule has 0 N–H and O–H groups in total. The molecule has 1 aliphatic carbocycles. The molecular weight excluding hydrogens is 368 g/mol. The van der Waals surface area contributed by atoms with E-state index in [0.717, 1.165) is 45.3 Å². The summed E-state index contributed by atoms with van der Waals surface area (Å²) in [4.78, 5) is 21.7. The number of thiazole rings is 1. The molecule has 2 aromatic rings. The number of likely N-dealkylation sites (tertiary alicyclic amines) is 1. The monoisotopic (exact) mass is 398 g/mol. The third-order valence-corrected chi connectivity index (χ3v) is 7.30. The molecule has 0 unspecified atom stereocenters. The highest BCUT2D eigenvalue weighted by Crippen LogP contribution is 2.37. The summed E-state index contributed by atoms with van der Waals surface area (Å²) in [7, 11) is 0. The highest BCUT2D eigenvalue weighted by Gasteiger charge is 2.42. The van der Waals surface area contributed by atoms with E-state index in [1.165, 1.54) is 40.4 Å². The van der Waals surface area contributed by atoms with E-state index in [0.29, 0.717) is 6.61 Å². The standard InChI is InChI=1S/C23H30N2O2S/c1-2-27-22(26)23(16-18-8-4-3-5-9-18)12-14-25(15-13-23)17-21-24-19-10-6-7-11-20(19)28-21/h3-5,8-9H,2,6-7,10-17H2,1H3. The third-order valence-electron chi connectivity index (χ3n) is 6.16. The van der Waals surface area contributed by atoms with Gasteiger partial charge in [-0.1, -0.05) is 30.3 Å². The summed E-state index contributed by atoms with van der Waals surface area (Å²) in [5.74, 6) is -0.0248. The van der Waals surface area contributed by atoms with Crippen LogP contribution in [0.4, 0.5) is 0 Å². The van der Waals surface area contributed by atoms with Gasteiger partial charge in [0.05, 0.1) is 24.3 Å². The first-order chi connectivity index (χ1) is 13.7. The minimum absolute atomic E-state index is 0.0248. The van der Waals surface area contributed by atoms with Crippen LogP contribution in [0.25, 0.3) is 0 Å². The van der Waals surface area contributed by atoms with E-state index in [-0.39, 0.29) is 5.97 Å². The maximum absolute atomic E-state index is 12.9. The van der Waals surface area contributed by atoms with Crippen LogP contribution in [0.2, 0.25) is 0 Å². The van der Waals surface area contributed by atoms with Gasteiger partial charge in [-0.2, -0.15) is 0 Å². The second-order valence-corrected chi connectivity index (χ2v) is 9.29. The van der Waals surface area contributed by atoms with E-state index < -0.39 is 5.41 Å². The van der Waals surface area contributed by atoms with Crippen LogP contribution in [-0.4, -0.2) is 35.5 Å². The number of hydrogen-bond acceptors (Lipinski definition) is 5. The number of hydrogen-bond donors (Lipinski definition) is 0. The zero-order chi connectivity index (χ0) is 19.4. The molecule has 0 bridgehead atoms. The Labute approximate surface area is 171 Å². The van der Waals surface area contributed by atoms with Crippen LogP contribution in [0.3, 0.4) is 0 Å². The molecule has 0 radical (unpaired) electrons. The minimum atomic E-state index is -0.393. The average Bonchev–Trinajstić information content (AvgIpc) is 3.13. The Morgan fingerprint density at radius 3 is 2.64 bits per heavy atom. The van der Waals surface area contributed by atoms with Crippen molar-refractivity contribution in [2.75, 3.05) is 19.7 Å². The van der Waals surface area contributed by atoms with Crippen LogP contribution in [0.5, 0.6) is 0 Å². The molecule has 0 atom stereocenters. The molecule has 1 aromatic carbocycles. The Kier molecular flexibility index (Phi) is 6.12. The van der Waals surface area contributed by atoms with E-state index in [4.69, 9.17) is 9.72 Å². The van der Waals surface area contributed by atoms with E-state index >= 15 is 0 Å². The molecule has 4 rings (SSSR count). The van der Waals surface area contributed by atoms with E-state index in [9.17, 15) is 4.79 Å². The first-order valence-corrected chi connectivity index (χ1v) is 11.4. The molecule has 0 amide bonds. The summed E-state index contributed by atoms with van der Waals surface area (Å²) in [5.41, 5.74) is 2.17. The summed E-state index contributed by atoms with van der Waals surface area (Å²) in [5, 5.41) is 1.25. The number of aromatic nitrogens is 1. The Bertz CT molecular complexity index is 771. The van der Waals surface area contributed by atoms with Gasteiger partial charge in [0.15, 0.2) is 0 Å². The molecule has 28 heavy (non-hydrogen) atoms. The van der Waals surface area contributed by atoms with Crippen LogP contribution in [0.1, 0.15) is 53.7 Å². The summed E-state index contributed by atoms with van der Waals surface area (Å²) in [6.45, 7) is 5.12. The van der Waals surface area contributed by atoms with Gasteiger partial charge < -0.3 is 4.74 Å². The number of carbonyl (C=O) groups is 1. The molecule has 1 saturated heterocycles. The number of carbonyl (C=O) groups excluding carboxylic acids is 1. The molecule has 0 spiro atoms. The topological polar surface area (TPSA) is 42.4 Å². The van der Waals surface area contributed by atoms with E-state index in [1.54, 1.807) is 0 Å². The zero-order valence-corrected chi connectivity index (χ0v) is 17.6. The Morgan fingerprint density at radius 2 is 1.93 bits per heavy atom. The molecule has 1 aliphatic heterocycles. The first kappa shape index (κ1) is 19.6. The van der Waals surface area contributed by atoms with Crippen molar-refractivity contribution < 1.29 is 9.53 Å². The summed E-state index contributed by atoms with van der Waals surface area (Å²) >= 11 is 1.90. The lowest BCUT2D eigenvalue weighted by Crippen LogP contribution is -2.46. The van der Waals surface area contributed by atoms with E-state index in [2.05, 4.69) is 17.0 Å². The zero-order valence-electron chi connectivity index (χ0n) is 16.8. The molecule has 5 heteroatoms. The van der Waals surface area contributed by atoms with Gasteiger partial charge in [0.2, 0.25) is 0 Å². The van der Waals surface area contributed by atoms with Crippen molar-refractivity contribution in [3.05, 3.63) is 51.5 Å². The van der Waals surface area contributed by atoms with Gasteiger partial charge >= 0.3 is 5.97 Å². The Balaban J connectivity index is 1.42. The lowest BCUT2D eigenvalue weighted by molar-refractivity contribution is -0.158. The minimum Gasteiger partial charge on any atom is -0.466 e. The molecule has 150 valence electrons. The smallest absolute Gasteiger partial charge is 0.312 e. The van der Waals surface area contributed by atoms with Gasteiger partial charge in [-0.15, -0.1) is 11.3 Å². The maximum atomic E-state index is 12.9. The maximum Gasteiger partial charge on any atom is 0.312 e. The highest BCUT2D eigenvalue weighted by atomic mass is 32.1. The van der Waals surface area contributed by atoms with Gasteiger partial charge in [-0.05, 0) is 70.5 Å². The van der Waals surface area contributed by atoms with Crippen molar-refractivity contribution in [2.45, 2.75) is 58.4 Å². The van der Waals surface area contributed by atoms with Crippen LogP contribution in [-0.2, 0) is 35.3 Å². The van der Waals surface area contributed by atoms with Gasteiger partial charge in [0.1, 0.15) is 5.01 Å². The van der Waals surface area contributed by atoms with Crippen molar-refractivity contribution in [2.24, 2.45) is 5.41 Å². The number of aryl methyl sites for hydroxylation is 2. The van der Waals surface area contributed by atoms with Crippen LogP contribution >= 0.6 is 11.3 Å². The predicted molar refractivity (Wildman–Crippen MR) is 112 cm³/mol. The molecule has 4 nitrogen and oxygen atoms in total. The molecule has 2 heterocycles. The second-order valence-electron chi connectivity index (χ2n) is 8.12. The number of benzene rings is 1. The number of esters is 1. The summed E-state index contributed by atoms with van der Waals surface area (Å²) in [6.07, 6.45) is 7.41. The van der Waals surface area contributed by atoms with Crippen molar-refractivity contribution in [3.63, 3.8) is 0 Å². The first-order valence-electron chi connectivity index (χ1n) is 10.6. The number of piperidine rings is 1. The van der Waals surface area contributed by atoms with Crippen molar-refractivity contribution in [1.29, 1.82) is 0 Å². The van der Waals surface area contributed by atoms with Gasteiger partial charge in [0, 0.05) is 4.88 Å². The fourth-order valence-corrected chi connectivity index (χ4v) is 5.73. The fourth-order valence-electron chi connectivity index (χ4n) is 4.53. The quantitative estimate of drug-likeness (QED) is 0.676. The van der Waals surface area contributed by atoms with Gasteiger partial charge in [-0.3, -0.25) is 9.69 Å². The number of nitrogens with zero attached hydrogens (tertiary/aromatic N) is 2. The summed E-state index contributed by atoms with van der Waals surface area (Å²) < 4.78 is 5.50. The average molecular weight is 399 g/mol. The fraction of sp³-hybridized carbons (Fsp3) is 0.565. The van der Waals surface area contributed by atoms with Gasteiger partial charge in [0.25, 0.3) is 0 Å². The number of ether oxygens (including phenoxy) is 1. The van der Waals surface area contributed by atoms with E-state index in [1.807, 2.05) is 36.5 Å². The summed E-state index contributed by atoms with van der Waals surface area (Å²) in [6, 6.07) is 10.4. The molecular formula is C23H30N2O2S. The number of fused-ring (bicyclic) bond motifs is 1. The molecule has 1 aromatic heterocycles. The van der Waals surface area contributed by atoms with Crippen molar-refractivity contribution >= 4 is 17.3 Å². The van der Waals surface area contributed by atoms with Crippen molar-refractivity contribution in [1.82, 2.24) is 9.88 Å². The molecule has 0 saturated carbocycles. The third kappa shape index (κ3) is 4.31.